The first-order chi connectivity index (χ1) is 11.6. The minimum absolute atomic E-state index is 0.134. The molecule has 1 aromatic rings. The highest BCUT2D eigenvalue weighted by Gasteiger charge is 2.61. The van der Waals surface area contributed by atoms with E-state index in [4.69, 9.17) is 4.74 Å². The molecule has 0 bridgehead atoms. The van der Waals surface area contributed by atoms with Gasteiger partial charge in [0.25, 0.3) is 11.8 Å². The predicted octanol–water partition coefficient (Wildman–Crippen LogP) is 3.33. The van der Waals surface area contributed by atoms with Gasteiger partial charge in [0, 0.05) is 0 Å². The molecule has 0 N–H and O–H groups in total. The maximum atomic E-state index is 12.4. The molecule has 1 aliphatic carbocycles. The van der Waals surface area contributed by atoms with Crippen molar-refractivity contribution in [3.05, 3.63) is 46.5 Å². The lowest BCUT2D eigenvalue weighted by atomic mass is 10.1. The highest BCUT2D eigenvalue weighted by atomic mass is 16.5. The van der Waals surface area contributed by atoms with E-state index in [0.717, 1.165) is 16.0 Å². The Kier molecular flexibility index (Phi) is 4.06. The Morgan fingerprint density at radius 2 is 1.84 bits per heavy atom. The normalized spacial score (nSPS) is 23.3. The van der Waals surface area contributed by atoms with Gasteiger partial charge in [-0.25, -0.2) is 4.90 Å². The van der Waals surface area contributed by atoms with Gasteiger partial charge in [0.1, 0.15) is 0 Å². The van der Waals surface area contributed by atoms with Gasteiger partial charge in [-0.15, -0.1) is 0 Å². The SMILES string of the molecule is CC(C)=C[C@@H]1[C@@H](C(=O)OCN2C(=O)c3ccc(C)cc3C2=O)C1(C)C. The number of hydrogen-bond acceptors (Lipinski definition) is 4. The standard InChI is InChI=1S/C20H23NO4/c1-11(2)8-15-16(20(15,4)5)19(24)25-10-21-17(22)13-7-6-12(3)9-14(13)18(21)23/h6-9,15-16H,10H2,1-5H3/t15-,16+/m1/s1. The number of allylic oxidation sites excluding steroid dienone is 2. The Bertz CT molecular complexity index is 802. The average molecular weight is 341 g/mol. The van der Waals surface area contributed by atoms with Gasteiger partial charge < -0.3 is 4.74 Å². The number of hydrogen-bond donors (Lipinski definition) is 0. The highest BCUT2D eigenvalue weighted by molar-refractivity contribution is 6.21. The Hall–Kier alpha value is -2.43. The second-order valence-electron chi connectivity index (χ2n) is 7.75. The van der Waals surface area contributed by atoms with Crippen LogP contribution in [0.15, 0.2) is 29.8 Å². The Labute approximate surface area is 147 Å². The van der Waals surface area contributed by atoms with Crippen LogP contribution in [0.5, 0.6) is 0 Å². The third-order valence-electron chi connectivity index (χ3n) is 5.14. The van der Waals surface area contributed by atoms with Crippen LogP contribution in [0.4, 0.5) is 0 Å². The summed E-state index contributed by atoms with van der Waals surface area (Å²) in [7, 11) is 0. The van der Waals surface area contributed by atoms with Gasteiger partial charge in [-0.05, 0) is 44.2 Å². The summed E-state index contributed by atoms with van der Waals surface area (Å²) in [4.78, 5) is 38.2. The van der Waals surface area contributed by atoms with E-state index in [9.17, 15) is 14.4 Å². The molecule has 2 atom stereocenters. The molecule has 25 heavy (non-hydrogen) atoms. The molecule has 132 valence electrons. The van der Waals surface area contributed by atoms with Gasteiger partial charge in [-0.2, -0.15) is 0 Å². The third-order valence-corrected chi connectivity index (χ3v) is 5.14. The van der Waals surface area contributed by atoms with E-state index in [2.05, 4.69) is 6.08 Å². The lowest BCUT2D eigenvalue weighted by molar-refractivity contribution is -0.148. The number of fused-ring (bicyclic) bond motifs is 1. The summed E-state index contributed by atoms with van der Waals surface area (Å²) in [5.41, 5.74) is 2.64. The zero-order valence-electron chi connectivity index (χ0n) is 15.3. The fraction of sp³-hybridized carbons (Fsp3) is 0.450. The van der Waals surface area contributed by atoms with Crippen LogP contribution < -0.4 is 0 Å². The quantitative estimate of drug-likeness (QED) is 0.479. The summed E-state index contributed by atoms with van der Waals surface area (Å²) in [6.45, 7) is 9.56. The molecule has 0 spiro atoms. The molecule has 1 fully saturated rings. The minimum atomic E-state index is -0.413. The Morgan fingerprint density at radius 1 is 1.20 bits per heavy atom. The second kappa shape index (κ2) is 5.83. The number of rotatable bonds is 4. The summed E-state index contributed by atoms with van der Waals surface area (Å²) in [6, 6.07) is 5.12. The third kappa shape index (κ3) is 2.88. The number of nitrogens with zero attached hydrogens (tertiary/aromatic N) is 1. The van der Waals surface area contributed by atoms with E-state index in [0.29, 0.717) is 11.1 Å². The van der Waals surface area contributed by atoms with E-state index in [1.807, 2.05) is 34.6 Å². The van der Waals surface area contributed by atoms with Crippen molar-refractivity contribution in [2.75, 3.05) is 6.73 Å². The molecule has 2 aliphatic rings. The van der Waals surface area contributed by atoms with E-state index >= 15 is 0 Å². The molecule has 5 nitrogen and oxygen atoms in total. The molecular formula is C20H23NO4. The van der Waals surface area contributed by atoms with Crippen molar-refractivity contribution in [3.8, 4) is 0 Å². The topological polar surface area (TPSA) is 63.7 Å². The van der Waals surface area contributed by atoms with Gasteiger partial charge in [0.05, 0.1) is 17.0 Å². The number of benzene rings is 1. The van der Waals surface area contributed by atoms with Crippen LogP contribution in [0.2, 0.25) is 0 Å². The molecule has 2 amide bonds. The molecule has 3 rings (SSSR count). The van der Waals surface area contributed by atoms with Crippen molar-refractivity contribution in [3.63, 3.8) is 0 Å². The van der Waals surface area contributed by atoms with Gasteiger partial charge in [-0.1, -0.05) is 37.1 Å². The van der Waals surface area contributed by atoms with Gasteiger partial charge in [0.2, 0.25) is 0 Å². The first-order valence-corrected chi connectivity index (χ1v) is 8.43. The molecule has 0 aromatic heterocycles. The molecule has 1 saturated carbocycles. The average Bonchev–Trinajstić information content (AvgIpc) is 2.96. The van der Waals surface area contributed by atoms with Crippen LogP contribution in [0.3, 0.4) is 0 Å². The van der Waals surface area contributed by atoms with Crippen molar-refractivity contribution < 1.29 is 19.1 Å². The zero-order chi connectivity index (χ0) is 18.5. The monoisotopic (exact) mass is 341 g/mol. The van der Waals surface area contributed by atoms with Crippen LogP contribution >= 0.6 is 0 Å². The number of amides is 2. The fourth-order valence-corrected chi connectivity index (χ4v) is 3.54. The maximum absolute atomic E-state index is 12.4. The Morgan fingerprint density at radius 3 is 2.48 bits per heavy atom. The fourth-order valence-electron chi connectivity index (χ4n) is 3.54. The summed E-state index contributed by atoms with van der Waals surface area (Å²) < 4.78 is 5.32. The van der Waals surface area contributed by atoms with Crippen molar-refractivity contribution in [1.82, 2.24) is 4.90 Å². The number of carbonyl (C=O) groups is 3. The van der Waals surface area contributed by atoms with Crippen LogP contribution in [-0.2, 0) is 9.53 Å². The van der Waals surface area contributed by atoms with E-state index < -0.39 is 11.8 Å². The molecule has 5 heteroatoms. The summed E-state index contributed by atoms with van der Waals surface area (Å²) in [6.07, 6.45) is 2.08. The van der Waals surface area contributed by atoms with Gasteiger partial charge in [0.15, 0.2) is 6.73 Å². The first-order valence-electron chi connectivity index (χ1n) is 8.43. The van der Waals surface area contributed by atoms with E-state index in [1.165, 1.54) is 0 Å². The van der Waals surface area contributed by atoms with E-state index in [1.54, 1.807) is 18.2 Å². The molecule has 1 aliphatic heterocycles. The lowest BCUT2D eigenvalue weighted by Crippen LogP contribution is -2.33. The number of aryl methyl sites for hydroxylation is 1. The minimum Gasteiger partial charge on any atom is -0.443 e. The van der Waals surface area contributed by atoms with Gasteiger partial charge in [-0.3, -0.25) is 14.4 Å². The number of esters is 1. The van der Waals surface area contributed by atoms with Crippen LogP contribution in [0.25, 0.3) is 0 Å². The maximum Gasteiger partial charge on any atom is 0.311 e. The van der Waals surface area contributed by atoms with Crippen molar-refractivity contribution >= 4 is 17.8 Å². The number of carbonyl (C=O) groups excluding carboxylic acids is 3. The summed E-state index contributed by atoms with van der Waals surface area (Å²) in [5.74, 6) is -1.29. The second-order valence-corrected chi connectivity index (χ2v) is 7.75. The van der Waals surface area contributed by atoms with Crippen molar-refractivity contribution in [1.29, 1.82) is 0 Å². The zero-order valence-corrected chi connectivity index (χ0v) is 15.3. The van der Waals surface area contributed by atoms with Crippen LogP contribution in [0.1, 0.15) is 54.0 Å². The lowest BCUT2D eigenvalue weighted by Gasteiger charge is -2.14. The smallest absolute Gasteiger partial charge is 0.311 e. The predicted molar refractivity (Wildman–Crippen MR) is 92.8 cm³/mol. The summed E-state index contributed by atoms with van der Waals surface area (Å²) >= 11 is 0. The first kappa shape index (κ1) is 17.4. The highest BCUT2D eigenvalue weighted by Crippen LogP contribution is 2.59. The molecule has 1 aromatic carbocycles. The van der Waals surface area contributed by atoms with Crippen molar-refractivity contribution in [2.24, 2.45) is 17.3 Å². The Balaban J connectivity index is 1.67. The van der Waals surface area contributed by atoms with Crippen LogP contribution in [0, 0.1) is 24.2 Å². The van der Waals surface area contributed by atoms with Crippen LogP contribution in [-0.4, -0.2) is 29.4 Å². The molecule has 1 heterocycles. The molecule has 0 radical (unpaired) electrons. The van der Waals surface area contributed by atoms with Gasteiger partial charge >= 0.3 is 5.97 Å². The molecule has 0 unspecified atom stereocenters. The van der Waals surface area contributed by atoms with E-state index in [-0.39, 0.29) is 30.0 Å². The summed E-state index contributed by atoms with van der Waals surface area (Å²) in [5, 5.41) is 0. The number of imide groups is 1. The molecular weight excluding hydrogens is 318 g/mol. The van der Waals surface area contributed by atoms with Crippen molar-refractivity contribution in [2.45, 2.75) is 34.6 Å². The molecule has 0 saturated heterocycles. The number of ether oxygens (including phenoxy) is 1. The largest absolute Gasteiger partial charge is 0.443 e.